The molecule has 2 N–H and O–H groups in total. The van der Waals surface area contributed by atoms with E-state index in [9.17, 15) is 13.2 Å². The van der Waals surface area contributed by atoms with Gasteiger partial charge in [-0.15, -0.1) is 11.3 Å². The van der Waals surface area contributed by atoms with E-state index < -0.39 is 10.0 Å². The minimum Gasteiger partial charge on any atom is -0.340 e. The van der Waals surface area contributed by atoms with Crippen molar-refractivity contribution >= 4 is 27.3 Å². The van der Waals surface area contributed by atoms with Crippen LogP contribution in [-0.2, 0) is 16.6 Å². The van der Waals surface area contributed by atoms with Crippen LogP contribution in [0.5, 0.6) is 0 Å². The Morgan fingerprint density at radius 3 is 2.50 bits per heavy atom. The van der Waals surface area contributed by atoms with Crippen molar-refractivity contribution in [1.29, 1.82) is 0 Å². The van der Waals surface area contributed by atoms with Gasteiger partial charge in [0.05, 0.1) is 4.90 Å². The third kappa shape index (κ3) is 4.88. The summed E-state index contributed by atoms with van der Waals surface area (Å²) in [6.45, 7) is 1.53. The summed E-state index contributed by atoms with van der Waals surface area (Å²) in [5.74, 6) is -0.138. The lowest BCUT2D eigenvalue weighted by molar-refractivity contribution is 0.0796. The van der Waals surface area contributed by atoms with E-state index in [2.05, 4.69) is 10.0 Å². The molecule has 0 fully saturated rings. The molecule has 1 heterocycles. The quantitative estimate of drug-likeness (QED) is 0.741. The minimum atomic E-state index is -3.59. The molecule has 2 aromatic rings. The molecule has 0 saturated carbocycles. The zero-order chi connectivity index (χ0) is 17.6. The van der Waals surface area contributed by atoms with Crippen LogP contribution in [0, 0.1) is 0 Å². The van der Waals surface area contributed by atoms with Gasteiger partial charge in [0.25, 0.3) is 5.91 Å². The molecule has 0 unspecified atom stereocenters. The molecule has 1 aromatic carbocycles. The largest absolute Gasteiger partial charge is 0.340 e. The van der Waals surface area contributed by atoms with Gasteiger partial charge in [-0.05, 0) is 42.8 Å². The van der Waals surface area contributed by atoms with E-state index >= 15 is 0 Å². The molecule has 1 amide bonds. The molecule has 1 aromatic heterocycles. The highest BCUT2D eigenvalue weighted by Gasteiger charge is 2.16. The SMILES string of the molecule is CNCCN(C)C(=O)c1ccc(S(=O)(=O)NCc2cccs2)cc1. The number of nitrogens with one attached hydrogen (secondary N) is 2. The summed E-state index contributed by atoms with van der Waals surface area (Å²) in [7, 11) is -0.0557. The molecule has 0 aliphatic heterocycles. The maximum absolute atomic E-state index is 12.3. The van der Waals surface area contributed by atoms with Gasteiger partial charge in [-0.3, -0.25) is 4.79 Å². The van der Waals surface area contributed by atoms with E-state index in [4.69, 9.17) is 0 Å². The molecule has 8 heteroatoms. The maximum atomic E-state index is 12.3. The van der Waals surface area contributed by atoms with Crippen LogP contribution < -0.4 is 10.0 Å². The predicted molar refractivity (Wildman–Crippen MR) is 95.7 cm³/mol. The number of carbonyl (C=O) groups excluding carboxylic acids is 1. The Morgan fingerprint density at radius 1 is 1.21 bits per heavy atom. The number of benzene rings is 1. The third-order valence-electron chi connectivity index (χ3n) is 3.47. The van der Waals surface area contributed by atoms with Crippen LogP contribution in [0.2, 0.25) is 0 Å². The Balaban J connectivity index is 2.03. The first-order chi connectivity index (χ1) is 11.4. The number of sulfonamides is 1. The Kier molecular flexibility index (Phi) is 6.50. The van der Waals surface area contributed by atoms with Gasteiger partial charge < -0.3 is 10.2 Å². The Labute approximate surface area is 146 Å². The van der Waals surface area contributed by atoms with Crippen LogP contribution in [0.1, 0.15) is 15.2 Å². The molecule has 0 saturated heterocycles. The normalized spacial score (nSPS) is 11.4. The van der Waals surface area contributed by atoms with Gasteiger partial charge in [0.15, 0.2) is 0 Å². The number of carbonyl (C=O) groups is 1. The monoisotopic (exact) mass is 367 g/mol. The Morgan fingerprint density at radius 2 is 1.92 bits per heavy atom. The van der Waals surface area contributed by atoms with E-state index in [-0.39, 0.29) is 17.3 Å². The molecule has 130 valence electrons. The standard InChI is InChI=1S/C16H21N3O3S2/c1-17-9-10-19(2)16(20)13-5-7-15(8-6-13)24(21,22)18-12-14-4-3-11-23-14/h3-8,11,17-18H,9-10,12H2,1-2H3. The molecule has 0 aliphatic rings. The molecule has 0 bridgehead atoms. The van der Waals surface area contributed by atoms with Crippen LogP contribution in [0.4, 0.5) is 0 Å². The summed E-state index contributed by atoms with van der Waals surface area (Å²) < 4.78 is 27.1. The van der Waals surface area contributed by atoms with Crippen molar-refractivity contribution in [1.82, 2.24) is 14.9 Å². The summed E-state index contributed by atoms with van der Waals surface area (Å²) in [5, 5.41) is 4.88. The predicted octanol–water partition coefficient (Wildman–Crippen LogP) is 1.52. The smallest absolute Gasteiger partial charge is 0.253 e. The lowest BCUT2D eigenvalue weighted by Gasteiger charge is -2.17. The van der Waals surface area contributed by atoms with Crippen molar-refractivity contribution in [3.8, 4) is 0 Å². The Bertz CT molecular complexity index is 756. The number of thiophene rings is 1. The number of hydrogen-bond donors (Lipinski definition) is 2. The number of amides is 1. The number of rotatable bonds is 8. The summed E-state index contributed by atoms with van der Waals surface area (Å²) >= 11 is 1.49. The van der Waals surface area contributed by atoms with Crippen molar-refractivity contribution in [3.05, 3.63) is 52.2 Å². The van der Waals surface area contributed by atoms with Gasteiger partial charge >= 0.3 is 0 Å². The molecule has 2 rings (SSSR count). The van der Waals surface area contributed by atoms with Crippen LogP contribution in [0.3, 0.4) is 0 Å². The third-order valence-corrected chi connectivity index (χ3v) is 5.77. The highest BCUT2D eigenvalue weighted by Crippen LogP contribution is 2.14. The second-order valence-electron chi connectivity index (χ2n) is 5.26. The fourth-order valence-electron chi connectivity index (χ4n) is 2.04. The number of likely N-dealkylation sites (N-methyl/N-ethyl adjacent to an activating group) is 2. The van der Waals surface area contributed by atoms with Gasteiger partial charge in [0.2, 0.25) is 10.0 Å². The first-order valence-corrected chi connectivity index (χ1v) is 9.82. The fraction of sp³-hybridized carbons (Fsp3) is 0.312. The first kappa shape index (κ1) is 18.6. The lowest BCUT2D eigenvalue weighted by Crippen LogP contribution is -2.32. The Hall–Kier alpha value is -1.74. The fourth-order valence-corrected chi connectivity index (χ4v) is 3.78. The van der Waals surface area contributed by atoms with E-state index in [1.54, 1.807) is 11.9 Å². The van der Waals surface area contributed by atoms with Gasteiger partial charge in [-0.2, -0.15) is 0 Å². The number of nitrogens with zero attached hydrogens (tertiary/aromatic N) is 1. The minimum absolute atomic E-state index is 0.138. The van der Waals surface area contributed by atoms with Crippen molar-refractivity contribution in [2.75, 3.05) is 27.2 Å². The van der Waals surface area contributed by atoms with Crippen molar-refractivity contribution in [2.24, 2.45) is 0 Å². The summed E-state index contributed by atoms with van der Waals surface area (Å²) in [6, 6.07) is 9.73. The van der Waals surface area contributed by atoms with Crippen molar-refractivity contribution in [3.63, 3.8) is 0 Å². The zero-order valence-electron chi connectivity index (χ0n) is 13.7. The first-order valence-electron chi connectivity index (χ1n) is 7.46. The van der Waals surface area contributed by atoms with Gasteiger partial charge in [-0.25, -0.2) is 13.1 Å². The highest BCUT2D eigenvalue weighted by atomic mass is 32.2. The zero-order valence-corrected chi connectivity index (χ0v) is 15.3. The van der Waals surface area contributed by atoms with Crippen LogP contribution in [-0.4, -0.2) is 46.4 Å². The topological polar surface area (TPSA) is 78.5 Å². The van der Waals surface area contributed by atoms with Crippen molar-refractivity contribution < 1.29 is 13.2 Å². The molecular formula is C16H21N3O3S2. The molecule has 0 atom stereocenters. The summed E-state index contributed by atoms with van der Waals surface area (Å²) in [5.41, 5.74) is 0.464. The highest BCUT2D eigenvalue weighted by molar-refractivity contribution is 7.89. The van der Waals surface area contributed by atoms with E-state index in [1.165, 1.54) is 35.6 Å². The molecule has 0 radical (unpaired) electrons. The maximum Gasteiger partial charge on any atom is 0.253 e. The van der Waals surface area contributed by atoms with E-state index in [0.717, 1.165) is 4.88 Å². The molecule has 0 aliphatic carbocycles. The second kappa shape index (κ2) is 8.39. The summed E-state index contributed by atoms with van der Waals surface area (Å²) in [6.07, 6.45) is 0. The van der Waals surface area contributed by atoms with Gasteiger partial charge in [-0.1, -0.05) is 6.07 Å². The molecule has 6 nitrogen and oxygen atoms in total. The van der Waals surface area contributed by atoms with Crippen LogP contribution >= 0.6 is 11.3 Å². The van der Waals surface area contributed by atoms with E-state index in [0.29, 0.717) is 18.7 Å². The van der Waals surface area contributed by atoms with E-state index in [1.807, 2.05) is 24.6 Å². The number of hydrogen-bond acceptors (Lipinski definition) is 5. The van der Waals surface area contributed by atoms with Gasteiger partial charge in [0, 0.05) is 37.1 Å². The van der Waals surface area contributed by atoms with Crippen molar-refractivity contribution in [2.45, 2.75) is 11.4 Å². The molecule has 0 spiro atoms. The molecular weight excluding hydrogens is 346 g/mol. The van der Waals surface area contributed by atoms with Gasteiger partial charge in [0.1, 0.15) is 0 Å². The van der Waals surface area contributed by atoms with Crippen LogP contribution in [0.25, 0.3) is 0 Å². The average Bonchev–Trinajstić information content (AvgIpc) is 3.11. The second-order valence-corrected chi connectivity index (χ2v) is 8.06. The lowest BCUT2D eigenvalue weighted by atomic mass is 10.2. The van der Waals surface area contributed by atoms with Crippen LogP contribution in [0.15, 0.2) is 46.7 Å². The molecule has 24 heavy (non-hydrogen) atoms. The average molecular weight is 367 g/mol. The summed E-state index contributed by atoms with van der Waals surface area (Å²) in [4.78, 5) is 14.9.